The number of rotatable bonds is 3. The average molecular weight is 278 g/mol. The molecule has 3 rings (SSSR count). The lowest BCUT2D eigenvalue weighted by Crippen LogP contribution is -2.17. The van der Waals surface area contributed by atoms with Crippen molar-refractivity contribution in [1.82, 2.24) is 0 Å². The van der Waals surface area contributed by atoms with Crippen molar-refractivity contribution in [3.63, 3.8) is 0 Å². The summed E-state index contributed by atoms with van der Waals surface area (Å²) in [5.74, 6) is 0.818. The highest BCUT2D eigenvalue weighted by Crippen LogP contribution is 2.31. The first-order valence-corrected chi connectivity index (χ1v) is 7.27. The molecule has 2 aromatic rings. The van der Waals surface area contributed by atoms with Gasteiger partial charge in [-0.1, -0.05) is 24.3 Å². The Balaban J connectivity index is 1.77. The molecule has 0 fully saturated rings. The second kappa shape index (κ2) is 5.99. The maximum Gasteiger partial charge on any atom is 0.120 e. The van der Waals surface area contributed by atoms with Crippen LogP contribution in [0.15, 0.2) is 42.5 Å². The standard InChI is InChI=1S/C18H18N2O/c19-11-14-4-1-2-5-15(14)12-21-16-9-8-13-6-3-7-18(20)17(13)10-16/h1-2,4-5,8-10,18H,3,6-7,12,20H2/t18-/m1/s1. The topological polar surface area (TPSA) is 59.0 Å². The van der Waals surface area contributed by atoms with E-state index in [0.29, 0.717) is 12.2 Å². The minimum absolute atomic E-state index is 0.115. The Bertz CT molecular complexity index is 688. The third-order valence-electron chi connectivity index (χ3n) is 4.01. The van der Waals surface area contributed by atoms with E-state index >= 15 is 0 Å². The molecule has 1 atom stereocenters. The van der Waals surface area contributed by atoms with Gasteiger partial charge in [0.1, 0.15) is 12.4 Å². The van der Waals surface area contributed by atoms with Crippen LogP contribution in [0.5, 0.6) is 5.75 Å². The number of nitrogens with zero attached hydrogens (tertiary/aromatic N) is 1. The van der Waals surface area contributed by atoms with Gasteiger partial charge in [0.05, 0.1) is 11.6 Å². The van der Waals surface area contributed by atoms with Crippen LogP contribution in [0, 0.1) is 11.3 Å². The summed E-state index contributed by atoms with van der Waals surface area (Å²) in [6, 6.07) is 16.0. The zero-order valence-electron chi connectivity index (χ0n) is 11.9. The van der Waals surface area contributed by atoms with Crippen LogP contribution in [0.2, 0.25) is 0 Å². The first-order chi connectivity index (χ1) is 10.3. The fourth-order valence-corrected chi connectivity index (χ4v) is 2.82. The molecule has 1 aliphatic rings. The van der Waals surface area contributed by atoms with Crippen LogP contribution in [-0.4, -0.2) is 0 Å². The van der Waals surface area contributed by atoms with Crippen molar-refractivity contribution in [3.05, 3.63) is 64.7 Å². The Labute approximate surface area is 125 Å². The number of hydrogen-bond donors (Lipinski definition) is 1. The normalized spacial score (nSPS) is 16.9. The Kier molecular flexibility index (Phi) is 3.89. The van der Waals surface area contributed by atoms with Crippen molar-refractivity contribution in [2.24, 2.45) is 5.73 Å². The molecule has 0 unspecified atom stereocenters. The van der Waals surface area contributed by atoms with Crippen molar-refractivity contribution in [2.45, 2.75) is 31.9 Å². The van der Waals surface area contributed by atoms with Gasteiger partial charge >= 0.3 is 0 Å². The monoisotopic (exact) mass is 278 g/mol. The highest BCUT2D eigenvalue weighted by molar-refractivity contribution is 5.40. The van der Waals surface area contributed by atoms with E-state index in [0.717, 1.165) is 30.6 Å². The predicted molar refractivity (Wildman–Crippen MR) is 81.8 cm³/mol. The van der Waals surface area contributed by atoms with Crippen LogP contribution >= 0.6 is 0 Å². The second-order valence-electron chi connectivity index (χ2n) is 5.42. The number of benzene rings is 2. The van der Waals surface area contributed by atoms with Gasteiger partial charge < -0.3 is 10.5 Å². The van der Waals surface area contributed by atoms with Gasteiger partial charge in [-0.25, -0.2) is 0 Å². The molecule has 1 aliphatic carbocycles. The molecule has 21 heavy (non-hydrogen) atoms. The summed E-state index contributed by atoms with van der Waals surface area (Å²) in [6.45, 7) is 0.401. The van der Waals surface area contributed by atoms with E-state index in [4.69, 9.17) is 15.7 Å². The number of aryl methyl sites for hydroxylation is 1. The van der Waals surface area contributed by atoms with Crippen molar-refractivity contribution < 1.29 is 4.74 Å². The van der Waals surface area contributed by atoms with Crippen LogP contribution in [0.1, 0.15) is 41.1 Å². The largest absolute Gasteiger partial charge is 0.489 e. The van der Waals surface area contributed by atoms with Gasteiger partial charge in [-0.2, -0.15) is 5.26 Å². The predicted octanol–water partition coefficient (Wildman–Crippen LogP) is 3.47. The lowest BCUT2D eigenvalue weighted by Gasteiger charge is -2.22. The first-order valence-electron chi connectivity index (χ1n) is 7.27. The SMILES string of the molecule is N#Cc1ccccc1COc1ccc2c(c1)[C@H](N)CCC2. The van der Waals surface area contributed by atoms with Crippen LogP contribution in [0.4, 0.5) is 0 Å². The van der Waals surface area contributed by atoms with E-state index in [9.17, 15) is 0 Å². The van der Waals surface area contributed by atoms with Crippen LogP contribution in [-0.2, 0) is 13.0 Å². The zero-order valence-corrected chi connectivity index (χ0v) is 11.9. The maximum atomic E-state index is 9.09. The van der Waals surface area contributed by atoms with Crippen LogP contribution < -0.4 is 10.5 Å². The molecule has 3 heteroatoms. The fourth-order valence-electron chi connectivity index (χ4n) is 2.82. The summed E-state index contributed by atoms with van der Waals surface area (Å²) in [6.07, 6.45) is 3.29. The van der Waals surface area contributed by atoms with Gasteiger partial charge in [-0.15, -0.1) is 0 Å². The van der Waals surface area contributed by atoms with Gasteiger partial charge in [-0.3, -0.25) is 0 Å². The minimum Gasteiger partial charge on any atom is -0.489 e. The van der Waals surface area contributed by atoms with Gasteiger partial charge in [0.25, 0.3) is 0 Å². The van der Waals surface area contributed by atoms with Crippen molar-refractivity contribution in [3.8, 4) is 11.8 Å². The molecule has 2 N–H and O–H groups in total. The van der Waals surface area contributed by atoms with E-state index in [2.05, 4.69) is 12.1 Å². The third-order valence-corrected chi connectivity index (χ3v) is 4.01. The van der Waals surface area contributed by atoms with E-state index in [-0.39, 0.29) is 6.04 Å². The summed E-state index contributed by atoms with van der Waals surface area (Å²) in [4.78, 5) is 0. The molecular weight excluding hydrogens is 260 g/mol. The number of nitriles is 1. The number of fused-ring (bicyclic) bond motifs is 1. The Morgan fingerprint density at radius 1 is 1.24 bits per heavy atom. The number of nitrogens with two attached hydrogens (primary N) is 1. The fraction of sp³-hybridized carbons (Fsp3) is 0.278. The summed E-state index contributed by atoms with van der Waals surface area (Å²) < 4.78 is 5.84. The smallest absolute Gasteiger partial charge is 0.120 e. The summed E-state index contributed by atoms with van der Waals surface area (Å²) in [5.41, 5.74) is 10.3. The summed E-state index contributed by atoms with van der Waals surface area (Å²) in [5, 5.41) is 9.09. The summed E-state index contributed by atoms with van der Waals surface area (Å²) >= 11 is 0. The Morgan fingerprint density at radius 3 is 2.95 bits per heavy atom. The van der Waals surface area contributed by atoms with Gasteiger partial charge in [0.15, 0.2) is 0 Å². The first kappa shape index (κ1) is 13.7. The average Bonchev–Trinajstić information content (AvgIpc) is 2.54. The molecule has 3 nitrogen and oxygen atoms in total. The second-order valence-corrected chi connectivity index (χ2v) is 5.42. The zero-order chi connectivity index (χ0) is 14.7. The molecule has 0 aromatic heterocycles. The van der Waals surface area contributed by atoms with Crippen molar-refractivity contribution >= 4 is 0 Å². The summed E-state index contributed by atoms with van der Waals surface area (Å²) in [7, 11) is 0. The molecule has 106 valence electrons. The van der Waals surface area contributed by atoms with Crippen molar-refractivity contribution in [2.75, 3.05) is 0 Å². The minimum atomic E-state index is 0.115. The van der Waals surface area contributed by atoms with E-state index in [1.807, 2.05) is 36.4 Å². The molecular formula is C18H18N2O. The van der Waals surface area contributed by atoms with E-state index < -0.39 is 0 Å². The molecule has 0 saturated heterocycles. The molecule has 0 saturated carbocycles. The van der Waals surface area contributed by atoms with Crippen molar-refractivity contribution in [1.29, 1.82) is 5.26 Å². The molecule has 0 amide bonds. The third kappa shape index (κ3) is 2.91. The quantitative estimate of drug-likeness (QED) is 0.935. The molecule has 0 heterocycles. The van der Waals surface area contributed by atoms with Gasteiger partial charge in [0.2, 0.25) is 0 Å². The molecule has 0 bridgehead atoms. The van der Waals surface area contributed by atoms with E-state index in [1.165, 1.54) is 11.1 Å². The molecule has 2 aromatic carbocycles. The van der Waals surface area contributed by atoms with Gasteiger partial charge in [-0.05, 0) is 48.6 Å². The highest BCUT2D eigenvalue weighted by atomic mass is 16.5. The Hall–Kier alpha value is -2.31. The maximum absolute atomic E-state index is 9.09. The molecule has 0 radical (unpaired) electrons. The lowest BCUT2D eigenvalue weighted by atomic mass is 9.88. The Morgan fingerprint density at radius 2 is 2.10 bits per heavy atom. The van der Waals surface area contributed by atoms with Crippen LogP contribution in [0.25, 0.3) is 0 Å². The number of ether oxygens (including phenoxy) is 1. The van der Waals surface area contributed by atoms with Crippen LogP contribution in [0.3, 0.4) is 0 Å². The lowest BCUT2D eigenvalue weighted by molar-refractivity contribution is 0.305. The molecule has 0 spiro atoms. The van der Waals surface area contributed by atoms with Gasteiger partial charge in [0, 0.05) is 11.6 Å². The van der Waals surface area contributed by atoms with E-state index in [1.54, 1.807) is 0 Å². The molecule has 0 aliphatic heterocycles. The highest BCUT2D eigenvalue weighted by Gasteiger charge is 2.17. The number of hydrogen-bond acceptors (Lipinski definition) is 3.